The maximum atomic E-state index is 11.4. The predicted octanol–water partition coefficient (Wildman–Crippen LogP) is 2.03. The van der Waals surface area contributed by atoms with Crippen molar-refractivity contribution in [1.29, 1.82) is 0 Å². The zero-order valence-corrected chi connectivity index (χ0v) is 11.0. The topological polar surface area (TPSA) is 53.4 Å². The standard InChI is InChI=1S/C14H20N2O2/c1-11(17)12-4-7-15-13(10-12)16-8-3-5-14(2,18)6-9-16/h4,7,10,18H,3,5-6,8-9H2,1-2H3. The van der Waals surface area contributed by atoms with Crippen LogP contribution < -0.4 is 4.90 Å². The van der Waals surface area contributed by atoms with Crippen molar-refractivity contribution in [3.05, 3.63) is 23.9 Å². The molecule has 1 atom stereocenters. The summed E-state index contributed by atoms with van der Waals surface area (Å²) < 4.78 is 0. The molecule has 18 heavy (non-hydrogen) atoms. The zero-order valence-electron chi connectivity index (χ0n) is 11.0. The Balaban J connectivity index is 2.16. The number of hydrogen-bond acceptors (Lipinski definition) is 4. The van der Waals surface area contributed by atoms with Crippen LogP contribution in [0.2, 0.25) is 0 Å². The Kier molecular flexibility index (Phi) is 3.66. The number of ketones is 1. The van der Waals surface area contributed by atoms with E-state index in [2.05, 4.69) is 9.88 Å². The first-order valence-electron chi connectivity index (χ1n) is 6.42. The van der Waals surface area contributed by atoms with Crippen molar-refractivity contribution >= 4 is 11.6 Å². The second kappa shape index (κ2) is 5.06. The molecular formula is C14H20N2O2. The average Bonchev–Trinajstić information content (AvgIpc) is 2.50. The number of Topliss-reactive ketones (excluding diaryl/α,β-unsaturated/α-hetero) is 1. The van der Waals surface area contributed by atoms with Gasteiger partial charge < -0.3 is 10.0 Å². The lowest BCUT2D eigenvalue weighted by atomic mass is 9.98. The lowest BCUT2D eigenvalue weighted by molar-refractivity contribution is 0.0481. The van der Waals surface area contributed by atoms with Gasteiger partial charge in [0, 0.05) is 24.8 Å². The van der Waals surface area contributed by atoms with Gasteiger partial charge in [-0.15, -0.1) is 0 Å². The normalized spacial score (nSPS) is 24.7. The van der Waals surface area contributed by atoms with Crippen LogP contribution in [0.15, 0.2) is 18.3 Å². The highest BCUT2D eigenvalue weighted by Crippen LogP contribution is 2.24. The summed E-state index contributed by atoms with van der Waals surface area (Å²) in [5, 5.41) is 10.1. The third kappa shape index (κ3) is 3.07. The first-order chi connectivity index (χ1) is 8.48. The number of carbonyl (C=O) groups excluding carboxylic acids is 1. The Bertz CT molecular complexity index is 443. The molecule has 0 saturated carbocycles. The lowest BCUT2D eigenvalue weighted by Gasteiger charge is -2.23. The quantitative estimate of drug-likeness (QED) is 0.814. The van der Waals surface area contributed by atoms with Crippen LogP contribution in [0.1, 0.15) is 43.5 Å². The summed E-state index contributed by atoms with van der Waals surface area (Å²) in [6, 6.07) is 3.57. The number of hydrogen-bond donors (Lipinski definition) is 1. The van der Waals surface area contributed by atoms with Gasteiger partial charge in [-0.25, -0.2) is 4.98 Å². The van der Waals surface area contributed by atoms with E-state index in [0.717, 1.165) is 38.2 Å². The molecule has 0 amide bonds. The summed E-state index contributed by atoms with van der Waals surface area (Å²) in [7, 11) is 0. The molecular weight excluding hydrogens is 228 g/mol. The van der Waals surface area contributed by atoms with Gasteiger partial charge in [0.05, 0.1) is 5.60 Å². The molecule has 1 fully saturated rings. The fraction of sp³-hybridized carbons (Fsp3) is 0.571. The SMILES string of the molecule is CC(=O)c1ccnc(N2CCCC(C)(O)CC2)c1. The molecule has 1 unspecified atom stereocenters. The van der Waals surface area contributed by atoms with E-state index in [1.54, 1.807) is 19.2 Å². The van der Waals surface area contributed by atoms with Crippen LogP contribution >= 0.6 is 0 Å². The molecule has 2 heterocycles. The molecule has 2 rings (SSSR count). The molecule has 0 aliphatic carbocycles. The number of anilines is 1. The monoisotopic (exact) mass is 248 g/mol. The molecule has 0 bridgehead atoms. The van der Waals surface area contributed by atoms with Gasteiger partial charge in [-0.2, -0.15) is 0 Å². The maximum Gasteiger partial charge on any atom is 0.159 e. The van der Waals surface area contributed by atoms with Crippen LogP contribution in [0.4, 0.5) is 5.82 Å². The molecule has 1 aliphatic heterocycles. The summed E-state index contributed by atoms with van der Waals surface area (Å²) >= 11 is 0. The van der Waals surface area contributed by atoms with Crippen molar-refractivity contribution in [2.24, 2.45) is 0 Å². The number of nitrogens with zero attached hydrogens (tertiary/aromatic N) is 2. The zero-order chi connectivity index (χ0) is 13.2. The molecule has 1 N–H and O–H groups in total. The minimum Gasteiger partial charge on any atom is -0.390 e. The summed E-state index contributed by atoms with van der Waals surface area (Å²) in [6.45, 7) is 5.11. The highest BCUT2D eigenvalue weighted by molar-refractivity contribution is 5.94. The van der Waals surface area contributed by atoms with Gasteiger partial charge in [0.15, 0.2) is 5.78 Å². The number of pyridine rings is 1. The summed E-state index contributed by atoms with van der Waals surface area (Å²) in [5.74, 6) is 0.890. The van der Waals surface area contributed by atoms with Crippen molar-refractivity contribution in [1.82, 2.24) is 4.98 Å². The molecule has 1 aromatic rings. The van der Waals surface area contributed by atoms with Gasteiger partial charge in [0.1, 0.15) is 5.82 Å². The molecule has 0 radical (unpaired) electrons. The van der Waals surface area contributed by atoms with Crippen LogP contribution in [0.3, 0.4) is 0 Å². The molecule has 98 valence electrons. The first-order valence-corrected chi connectivity index (χ1v) is 6.42. The largest absolute Gasteiger partial charge is 0.390 e. The van der Waals surface area contributed by atoms with Gasteiger partial charge in [0.25, 0.3) is 0 Å². The van der Waals surface area contributed by atoms with Crippen LogP contribution in [0.25, 0.3) is 0 Å². The van der Waals surface area contributed by atoms with Gasteiger partial charge in [-0.05, 0) is 45.2 Å². The smallest absolute Gasteiger partial charge is 0.159 e. The van der Waals surface area contributed by atoms with Crippen LogP contribution in [0.5, 0.6) is 0 Å². The Labute approximate surface area is 108 Å². The lowest BCUT2D eigenvalue weighted by Crippen LogP contribution is -2.28. The molecule has 0 aromatic carbocycles. The van der Waals surface area contributed by atoms with E-state index >= 15 is 0 Å². The van der Waals surface area contributed by atoms with Crippen LogP contribution in [-0.4, -0.2) is 34.6 Å². The van der Waals surface area contributed by atoms with Crippen molar-refractivity contribution in [2.75, 3.05) is 18.0 Å². The summed E-state index contributed by atoms with van der Waals surface area (Å²) in [4.78, 5) is 17.8. The average molecular weight is 248 g/mol. The van der Waals surface area contributed by atoms with E-state index in [1.807, 2.05) is 13.0 Å². The molecule has 4 nitrogen and oxygen atoms in total. The van der Waals surface area contributed by atoms with E-state index in [4.69, 9.17) is 0 Å². The number of aliphatic hydroxyl groups is 1. The second-order valence-electron chi connectivity index (χ2n) is 5.30. The highest BCUT2D eigenvalue weighted by atomic mass is 16.3. The second-order valence-corrected chi connectivity index (χ2v) is 5.30. The molecule has 4 heteroatoms. The fourth-order valence-corrected chi connectivity index (χ4v) is 2.30. The van der Waals surface area contributed by atoms with Crippen molar-refractivity contribution in [2.45, 2.75) is 38.7 Å². The van der Waals surface area contributed by atoms with E-state index in [-0.39, 0.29) is 5.78 Å². The number of rotatable bonds is 2. The van der Waals surface area contributed by atoms with Crippen molar-refractivity contribution < 1.29 is 9.90 Å². The summed E-state index contributed by atoms with van der Waals surface area (Å²) in [5.41, 5.74) is 0.114. The van der Waals surface area contributed by atoms with E-state index in [1.165, 1.54) is 0 Å². The third-order valence-corrected chi connectivity index (χ3v) is 3.54. The minimum atomic E-state index is -0.576. The minimum absolute atomic E-state index is 0.0560. The Morgan fingerprint density at radius 2 is 2.22 bits per heavy atom. The molecule has 1 saturated heterocycles. The van der Waals surface area contributed by atoms with Gasteiger partial charge in [-0.1, -0.05) is 0 Å². The predicted molar refractivity (Wildman–Crippen MR) is 70.9 cm³/mol. The van der Waals surface area contributed by atoms with Crippen molar-refractivity contribution in [3.63, 3.8) is 0 Å². The first kappa shape index (κ1) is 13.0. The molecule has 1 aliphatic rings. The van der Waals surface area contributed by atoms with Gasteiger partial charge in [0.2, 0.25) is 0 Å². The van der Waals surface area contributed by atoms with E-state index in [0.29, 0.717) is 5.56 Å². The maximum absolute atomic E-state index is 11.4. The number of carbonyl (C=O) groups is 1. The highest BCUT2D eigenvalue weighted by Gasteiger charge is 2.25. The van der Waals surface area contributed by atoms with Crippen LogP contribution in [-0.2, 0) is 0 Å². The van der Waals surface area contributed by atoms with Gasteiger partial charge in [-0.3, -0.25) is 4.79 Å². The van der Waals surface area contributed by atoms with Crippen molar-refractivity contribution in [3.8, 4) is 0 Å². The van der Waals surface area contributed by atoms with Gasteiger partial charge >= 0.3 is 0 Å². The number of aromatic nitrogens is 1. The Morgan fingerprint density at radius 3 is 2.94 bits per heavy atom. The fourth-order valence-electron chi connectivity index (χ4n) is 2.30. The third-order valence-electron chi connectivity index (χ3n) is 3.54. The summed E-state index contributed by atoms with van der Waals surface area (Å²) in [6.07, 6.45) is 4.17. The van der Waals surface area contributed by atoms with Crippen LogP contribution in [0, 0.1) is 0 Å². The molecule has 0 spiro atoms. The Hall–Kier alpha value is -1.42. The Morgan fingerprint density at radius 1 is 1.44 bits per heavy atom. The van der Waals surface area contributed by atoms with E-state index in [9.17, 15) is 9.90 Å². The molecule has 1 aromatic heterocycles. The van der Waals surface area contributed by atoms with E-state index < -0.39 is 5.60 Å².